The van der Waals surface area contributed by atoms with Crippen LogP contribution in [0.25, 0.3) is 10.4 Å². The van der Waals surface area contributed by atoms with E-state index in [2.05, 4.69) is 14.2 Å². The van der Waals surface area contributed by atoms with E-state index in [0.717, 1.165) is 12.7 Å². The molecule has 1 fully saturated rings. The minimum absolute atomic E-state index is 0.0434. The SMILES string of the molecule is CO[C@H]1O[C@H]([C@@H](CN=[N+]=[N-])OCc2ccccc2)[C@H](OCc2ccccc2)[C@H]1OS(=O)(=O)C(F)(F)F. The molecule has 0 aromatic heterocycles. The number of halogens is 3. The van der Waals surface area contributed by atoms with Crippen LogP contribution in [0.5, 0.6) is 0 Å². The second kappa shape index (κ2) is 12.5. The summed E-state index contributed by atoms with van der Waals surface area (Å²) in [5, 5.41) is 3.51. The fourth-order valence-corrected chi connectivity index (χ4v) is 4.15. The maximum Gasteiger partial charge on any atom is 0.523 e. The van der Waals surface area contributed by atoms with Gasteiger partial charge in [0.25, 0.3) is 0 Å². The van der Waals surface area contributed by atoms with Gasteiger partial charge in [-0.25, -0.2) is 0 Å². The van der Waals surface area contributed by atoms with E-state index >= 15 is 0 Å². The lowest BCUT2D eigenvalue weighted by Gasteiger charge is -2.28. The standard InChI is InChI=1S/C22H24F3N3O7S/c1-31-21-20(35-36(29,30)22(23,24)25)19(33-14-16-10-6-3-7-11-16)18(34-21)17(12-27-28-26)32-13-15-8-4-2-5-9-15/h2-11,17-21H,12-14H2,1H3/t17-,18-,19+,20-,21+/m1/s1. The van der Waals surface area contributed by atoms with Crippen molar-refractivity contribution in [3.8, 4) is 0 Å². The normalized spacial score (nSPS) is 23.2. The van der Waals surface area contributed by atoms with Crippen LogP contribution in [0, 0.1) is 0 Å². The third kappa shape index (κ3) is 7.17. The molecule has 10 nitrogen and oxygen atoms in total. The summed E-state index contributed by atoms with van der Waals surface area (Å²) in [7, 11) is -4.91. The monoisotopic (exact) mass is 531 g/mol. The minimum atomic E-state index is -6.02. The van der Waals surface area contributed by atoms with Gasteiger partial charge >= 0.3 is 15.6 Å². The van der Waals surface area contributed by atoms with Gasteiger partial charge in [-0.1, -0.05) is 65.8 Å². The number of nitrogens with zero attached hydrogens (tertiary/aromatic N) is 3. The highest BCUT2D eigenvalue weighted by atomic mass is 32.2. The van der Waals surface area contributed by atoms with Crippen molar-refractivity contribution in [1.82, 2.24) is 0 Å². The number of hydrogen-bond donors (Lipinski definition) is 0. The number of alkyl halides is 3. The lowest BCUT2D eigenvalue weighted by molar-refractivity contribution is -0.169. The third-order valence-corrected chi connectivity index (χ3v) is 6.29. The van der Waals surface area contributed by atoms with Gasteiger partial charge in [0.1, 0.15) is 12.2 Å². The molecule has 36 heavy (non-hydrogen) atoms. The van der Waals surface area contributed by atoms with Crippen molar-refractivity contribution in [2.45, 2.75) is 49.4 Å². The molecule has 3 rings (SSSR count). The van der Waals surface area contributed by atoms with Crippen molar-refractivity contribution in [2.24, 2.45) is 5.11 Å². The number of rotatable bonds is 12. The predicted molar refractivity (Wildman–Crippen MR) is 120 cm³/mol. The Morgan fingerprint density at radius 3 is 2.14 bits per heavy atom. The van der Waals surface area contributed by atoms with Gasteiger partial charge < -0.3 is 18.9 Å². The fraction of sp³-hybridized carbons (Fsp3) is 0.455. The second-order valence-electron chi connectivity index (χ2n) is 7.68. The zero-order chi connectivity index (χ0) is 26.2. The predicted octanol–water partition coefficient (Wildman–Crippen LogP) is 4.07. The Balaban J connectivity index is 1.91. The Bertz CT molecular complexity index is 1120. The lowest BCUT2D eigenvalue weighted by atomic mass is 10.0. The summed E-state index contributed by atoms with van der Waals surface area (Å²) in [6.07, 6.45) is -7.03. The van der Waals surface area contributed by atoms with Crippen LogP contribution in [-0.2, 0) is 46.5 Å². The molecule has 5 atom stereocenters. The highest BCUT2D eigenvalue weighted by Gasteiger charge is 2.56. The number of hydrogen-bond acceptors (Lipinski definition) is 8. The molecule has 0 N–H and O–H groups in total. The lowest BCUT2D eigenvalue weighted by Crippen LogP contribution is -2.46. The second-order valence-corrected chi connectivity index (χ2v) is 9.24. The van der Waals surface area contributed by atoms with Crippen LogP contribution in [-0.4, -0.2) is 58.3 Å². The quantitative estimate of drug-likeness (QED) is 0.133. The highest BCUT2D eigenvalue weighted by molar-refractivity contribution is 7.87. The van der Waals surface area contributed by atoms with Crippen molar-refractivity contribution < 1.29 is 44.7 Å². The minimum Gasteiger partial charge on any atom is -0.371 e. The summed E-state index contributed by atoms with van der Waals surface area (Å²) < 4.78 is 90.1. The molecule has 0 amide bonds. The molecule has 0 radical (unpaired) electrons. The molecule has 2 aromatic carbocycles. The van der Waals surface area contributed by atoms with Crippen LogP contribution in [0.4, 0.5) is 13.2 Å². The largest absolute Gasteiger partial charge is 0.523 e. The van der Waals surface area contributed by atoms with Crippen molar-refractivity contribution >= 4 is 10.1 Å². The van der Waals surface area contributed by atoms with Crippen molar-refractivity contribution in [3.05, 3.63) is 82.2 Å². The van der Waals surface area contributed by atoms with Gasteiger partial charge in [0.15, 0.2) is 12.4 Å². The first-order chi connectivity index (χ1) is 17.2. The molecule has 1 heterocycles. The molecule has 0 spiro atoms. The van der Waals surface area contributed by atoms with E-state index in [0.29, 0.717) is 5.56 Å². The van der Waals surface area contributed by atoms with E-state index in [4.69, 9.17) is 24.5 Å². The van der Waals surface area contributed by atoms with E-state index < -0.39 is 46.3 Å². The molecule has 2 aromatic rings. The first-order valence-electron chi connectivity index (χ1n) is 10.7. The van der Waals surface area contributed by atoms with Gasteiger partial charge in [0.05, 0.1) is 25.9 Å². The average molecular weight is 532 g/mol. The highest BCUT2D eigenvalue weighted by Crippen LogP contribution is 2.35. The Labute approximate surface area is 205 Å². The molecule has 0 aliphatic carbocycles. The smallest absolute Gasteiger partial charge is 0.371 e. The third-order valence-electron chi connectivity index (χ3n) is 5.24. The summed E-state index contributed by atoms with van der Waals surface area (Å²) in [6.45, 7) is -0.350. The average Bonchev–Trinajstić information content (AvgIpc) is 3.19. The zero-order valence-corrected chi connectivity index (χ0v) is 19.8. The number of ether oxygens (including phenoxy) is 4. The van der Waals surface area contributed by atoms with Gasteiger partial charge in [0, 0.05) is 12.0 Å². The van der Waals surface area contributed by atoms with Crippen molar-refractivity contribution in [2.75, 3.05) is 13.7 Å². The molecule has 14 heteroatoms. The van der Waals surface area contributed by atoms with Crippen molar-refractivity contribution in [1.29, 1.82) is 0 Å². The van der Waals surface area contributed by atoms with Gasteiger partial charge in [-0.05, 0) is 16.7 Å². The molecule has 1 aliphatic heterocycles. The Morgan fingerprint density at radius 1 is 1.03 bits per heavy atom. The van der Waals surface area contributed by atoms with Gasteiger partial charge in [-0.15, -0.1) is 0 Å². The summed E-state index contributed by atoms with van der Waals surface area (Å²) in [6, 6.07) is 17.6. The first-order valence-corrected chi connectivity index (χ1v) is 12.1. The number of benzene rings is 2. The van der Waals surface area contributed by atoms with E-state index in [1.54, 1.807) is 60.7 Å². The Kier molecular flexibility index (Phi) is 9.68. The maximum absolute atomic E-state index is 13.1. The molecule has 1 aliphatic rings. The van der Waals surface area contributed by atoms with Crippen molar-refractivity contribution in [3.63, 3.8) is 0 Å². The zero-order valence-electron chi connectivity index (χ0n) is 19.0. The van der Waals surface area contributed by atoms with E-state index in [-0.39, 0.29) is 19.8 Å². The topological polar surface area (TPSA) is 129 Å². The van der Waals surface area contributed by atoms with Crippen LogP contribution in [0.15, 0.2) is 65.8 Å². The van der Waals surface area contributed by atoms with Gasteiger partial charge in [-0.2, -0.15) is 21.6 Å². The number of azide groups is 1. The molecule has 196 valence electrons. The summed E-state index contributed by atoms with van der Waals surface area (Å²) in [5.74, 6) is 0. The van der Waals surface area contributed by atoms with Gasteiger partial charge in [0.2, 0.25) is 0 Å². The number of methoxy groups -OCH3 is 1. The summed E-state index contributed by atoms with van der Waals surface area (Å²) >= 11 is 0. The van der Waals surface area contributed by atoms with E-state index in [1.807, 2.05) is 0 Å². The van der Waals surface area contributed by atoms with Crippen LogP contribution >= 0.6 is 0 Å². The summed E-state index contributed by atoms with van der Waals surface area (Å²) in [4.78, 5) is 2.71. The van der Waals surface area contributed by atoms with Crippen LogP contribution in [0.1, 0.15) is 11.1 Å². The molecule has 1 saturated heterocycles. The summed E-state index contributed by atoms with van der Waals surface area (Å²) in [5.41, 5.74) is 4.57. The van der Waals surface area contributed by atoms with Crippen LogP contribution in [0.3, 0.4) is 0 Å². The molecular weight excluding hydrogens is 507 g/mol. The molecule has 0 unspecified atom stereocenters. The van der Waals surface area contributed by atoms with E-state index in [1.165, 1.54) is 0 Å². The first kappa shape index (κ1) is 27.9. The Hall–Kier alpha value is -2.71. The maximum atomic E-state index is 13.1. The van der Waals surface area contributed by atoms with Crippen LogP contribution < -0.4 is 0 Å². The Morgan fingerprint density at radius 2 is 1.61 bits per heavy atom. The molecule has 0 saturated carbocycles. The van der Waals surface area contributed by atoms with E-state index in [9.17, 15) is 21.6 Å². The molecule has 0 bridgehead atoms. The fourth-order valence-electron chi connectivity index (χ4n) is 3.54. The van der Waals surface area contributed by atoms with Crippen LogP contribution in [0.2, 0.25) is 0 Å². The molecular formula is C22H24F3N3O7S. The van der Waals surface area contributed by atoms with Gasteiger partial charge in [-0.3, -0.25) is 4.18 Å².